The highest BCUT2D eigenvalue weighted by Gasteiger charge is 2.37. The van der Waals surface area contributed by atoms with Gasteiger partial charge in [-0.3, -0.25) is 0 Å². The molecule has 2 aromatic carbocycles. The molecule has 0 spiro atoms. The van der Waals surface area contributed by atoms with Gasteiger partial charge in [0.15, 0.2) is 0 Å². The third kappa shape index (κ3) is 12.4. The number of allylic oxidation sites excluding steroid dienone is 6. The minimum Gasteiger partial charge on any atom is -0.210 e. The quantitative estimate of drug-likeness (QED) is 0.141. The first-order valence-corrected chi connectivity index (χ1v) is 14.7. The van der Waals surface area contributed by atoms with E-state index in [0.29, 0.717) is 23.0 Å². The molecule has 0 aliphatic rings. The summed E-state index contributed by atoms with van der Waals surface area (Å²) in [6.45, 7) is 31.9. The summed E-state index contributed by atoms with van der Waals surface area (Å²) in [7, 11) is 0. The van der Waals surface area contributed by atoms with Crippen LogP contribution in [0.4, 0.5) is 26.3 Å². The van der Waals surface area contributed by atoms with Gasteiger partial charge in [0, 0.05) is 12.0 Å². The van der Waals surface area contributed by atoms with Gasteiger partial charge in [0.2, 0.25) is 6.43 Å². The Hall–Kier alpha value is -3.28. The van der Waals surface area contributed by atoms with Gasteiger partial charge in [0.1, 0.15) is 5.82 Å². The van der Waals surface area contributed by atoms with E-state index in [1.807, 2.05) is 38.1 Å². The molecule has 0 radical (unpaired) electrons. The Morgan fingerprint density at radius 1 is 0.955 bits per heavy atom. The maximum Gasteiger partial charge on any atom is 0.419 e. The molecule has 0 nitrogen and oxygen atoms in total. The van der Waals surface area contributed by atoms with Gasteiger partial charge < -0.3 is 0 Å². The molecule has 0 amide bonds. The van der Waals surface area contributed by atoms with Crippen LogP contribution in [-0.2, 0) is 12.6 Å². The summed E-state index contributed by atoms with van der Waals surface area (Å²) in [5.74, 6) is -0.00970. The van der Waals surface area contributed by atoms with Gasteiger partial charge in [-0.15, -0.1) is 6.58 Å². The van der Waals surface area contributed by atoms with E-state index < -0.39 is 24.0 Å². The molecule has 0 N–H and O–H groups in total. The lowest BCUT2D eigenvalue weighted by molar-refractivity contribution is -0.140. The van der Waals surface area contributed by atoms with E-state index in [0.717, 1.165) is 34.3 Å². The number of hydrogen-bond acceptors (Lipinski definition) is 0. The Balaban J connectivity index is 0.000000734. The molecule has 2 aromatic rings. The van der Waals surface area contributed by atoms with Crippen LogP contribution in [0.3, 0.4) is 0 Å². The molecule has 0 heterocycles. The van der Waals surface area contributed by atoms with Crippen molar-refractivity contribution in [1.29, 1.82) is 0 Å². The molecule has 2 unspecified atom stereocenters. The van der Waals surface area contributed by atoms with E-state index in [2.05, 4.69) is 54.0 Å². The van der Waals surface area contributed by atoms with Crippen LogP contribution >= 0.6 is 0 Å². The lowest BCUT2D eigenvalue weighted by Gasteiger charge is -2.24. The second-order valence-corrected chi connectivity index (χ2v) is 11.6. The number of rotatable bonds is 10. The smallest absolute Gasteiger partial charge is 0.210 e. The standard InChI is InChI=1S/C19H26F2.C14H14F4.C5H10/c1-12(2)14(5)10-15(6)19-16(11-18(20)21)8-7-9-17(19)13(3)4;1-5-10(6-2)11-7-8(3)9(4)12(13(11)15)14(16,17)18;1-4-5(2)3/h7-9,14-15,18H,1,3,10-11H2,2,4-6H3;5-7H,1H2,2-4H3;4-5H,1H2,2-3H3/b;10-6+;. The van der Waals surface area contributed by atoms with Gasteiger partial charge in [-0.1, -0.05) is 95.0 Å². The van der Waals surface area contributed by atoms with Crippen molar-refractivity contribution in [3.8, 4) is 0 Å². The molecule has 244 valence electrons. The number of aryl methyl sites for hydroxylation is 1. The van der Waals surface area contributed by atoms with E-state index in [9.17, 15) is 26.3 Å². The molecule has 0 aliphatic carbocycles. The maximum absolute atomic E-state index is 14.0. The zero-order valence-electron chi connectivity index (χ0n) is 27.9. The zero-order chi connectivity index (χ0) is 34.5. The lowest BCUT2D eigenvalue weighted by atomic mass is 9.81. The van der Waals surface area contributed by atoms with Crippen molar-refractivity contribution in [3.05, 3.63) is 119 Å². The number of benzene rings is 2. The molecule has 0 saturated heterocycles. The lowest BCUT2D eigenvalue weighted by Crippen LogP contribution is -2.13. The van der Waals surface area contributed by atoms with Gasteiger partial charge >= 0.3 is 6.18 Å². The van der Waals surface area contributed by atoms with Crippen LogP contribution < -0.4 is 0 Å². The van der Waals surface area contributed by atoms with E-state index in [1.165, 1.54) is 32.1 Å². The van der Waals surface area contributed by atoms with E-state index in [4.69, 9.17) is 0 Å². The molecule has 6 heteroatoms. The summed E-state index contributed by atoms with van der Waals surface area (Å²) < 4.78 is 78.3. The Labute approximate surface area is 262 Å². The summed E-state index contributed by atoms with van der Waals surface area (Å²) in [6, 6.07) is 7.06. The fourth-order valence-corrected chi connectivity index (χ4v) is 4.58. The topological polar surface area (TPSA) is 0 Å². The average molecular weight is 621 g/mol. The molecule has 0 bridgehead atoms. The van der Waals surface area contributed by atoms with Crippen LogP contribution in [0.1, 0.15) is 99.7 Å². The Kier molecular flexibility index (Phi) is 17.1. The van der Waals surface area contributed by atoms with Crippen LogP contribution in [0.15, 0.2) is 74.4 Å². The normalized spacial score (nSPS) is 12.9. The van der Waals surface area contributed by atoms with Crippen molar-refractivity contribution < 1.29 is 26.3 Å². The zero-order valence-corrected chi connectivity index (χ0v) is 27.9. The van der Waals surface area contributed by atoms with Crippen molar-refractivity contribution >= 4 is 11.1 Å². The summed E-state index contributed by atoms with van der Waals surface area (Å²) >= 11 is 0. The fourth-order valence-electron chi connectivity index (χ4n) is 4.58. The minimum atomic E-state index is -4.70. The Morgan fingerprint density at radius 3 is 1.89 bits per heavy atom. The second kappa shape index (κ2) is 18.5. The third-order valence-electron chi connectivity index (χ3n) is 7.45. The Bertz CT molecular complexity index is 1310. The van der Waals surface area contributed by atoms with Crippen molar-refractivity contribution in [2.24, 2.45) is 11.8 Å². The van der Waals surface area contributed by atoms with Crippen molar-refractivity contribution in [3.63, 3.8) is 0 Å². The highest BCUT2D eigenvalue weighted by molar-refractivity contribution is 5.75. The van der Waals surface area contributed by atoms with E-state index >= 15 is 0 Å². The third-order valence-corrected chi connectivity index (χ3v) is 7.45. The Morgan fingerprint density at radius 2 is 1.50 bits per heavy atom. The fraction of sp³-hybridized carbons (Fsp3) is 0.421. The molecule has 0 aromatic heterocycles. The van der Waals surface area contributed by atoms with Crippen LogP contribution in [0.5, 0.6) is 0 Å². The van der Waals surface area contributed by atoms with Gasteiger partial charge in [-0.25, -0.2) is 13.2 Å². The minimum absolute atomic E-state index is 0.0667. The molecule has 44 heavy (non-hydrogen) atoms. The van der Waals surface area contributed by atoms with Crippen molar-refractivity contribution in [2.45, 2.75) is 93.7 Å². The van der Waals surface area contributed by atoms with Crippen molar-refractivity contribution in [2.75, 3.05) is 0 Å². The molecule has 0 fully saturated rings. The monoisotopic (exact) mass is 620 g/mol. The molecule has 0 saturated carbocycles. The first-order chi connectivity index (χ1) is 20.2. The number of halogens is 6. The number of hydrogen-bond donors (Lipinski definition) is 0. The molecular formula is C38H50F6. The largest absolute Gasteiger partial charge is 0.419 e. The van der Waals surface area contributed by atoms with Crippen LogP contribution in [0.25, 0.3) is 11.1 Å². The summed E-state index contributed by atoms with van der Waals surface area (Å²) in [4.78, 5) is 0. The molecular weight excluding hydrogens is 570 g/mol. The first kappa shape index (κ1) is 40.7. The second-order valence-electron chi connectivity index (χ2n) is 11.6. The SMILES string of the molecule is C=C(C)c1cccc(CC(F)F)c1C(C)CC(C)C(=C)C.C=C/C(=C\C)c1cc(C)c(C)c(C(F)(F)F)c1F.C=CC(C)C. The predicted octanol–water partition coefficient (Wildman–Crippen LogP) is 13.1. The first-order valence-electron chi connectivity index (χ1n) is 14.7. The van der Waals surface area contributed by atoms with Gasteiger partial charge in [0.25, 0.3) is 0 Å². The van der Waals surface area contributed by atoms with Crippen LogP contribution in [-0.4, -0.2) is 6.43 Å². The molecule has 2 rings (SSSR count). The number of alkyl halides is 5. The summed E-state index contributed by atoms with van der Waals surface area (Å²) in [6.07, 6.45) is -1.52. The van der Waals surface area contributed by atoms with E-state index in [-0.39, 0.29) is 23.5 Å². The van der Waals surface area contributed by atoms with Crippen LogP contribution in [0, 0.1) is 31.5 Å². The summed E-state index contributed by atoms with van der Waals surface area (Å²) in [5, 5.41) is 0. The van der Waals surface area contributed by atoms with Gasteiger partial charge in [-0.2, -0.15) is 13.2 Å². The highest BCUT2D eigenvalue weighted by atomic mass is 19.4. The molecule has 2 atom stereocenters. The predicted molar refractivity (Wildman–Crippen MR) is 178 cm³/mol. The highest BCUT2D eigenvalue weighted by Crippen LogP contribution is 2.38. The average Bonchev–Trinajstić information content (AvgIpc) is 2.91. The molecule has 0 aliphatic heterocycles. The van der Waals surface area contributed by atoms with Gasteiger partial charge in [-0.05, 0) is 98.2 Å². The van der Waals surface area contributed by atoms with Gasteiger partial charge in [0.05, 0.1) is 5.56 Å². The van der Waals surface area contributed by atoms with Crippen LogP contribution in [0.2, 0.25) is 0 Å². The summed E-state index contributed by atoms with van der Waals surface area (Å²) in [5.41, 5.74) is 4.24. The van der Waals surface area contributed by atoms with E-state index in [1.54, 1.807) is 6.92 Å². The maximum atomic E-state index is 14.0. The van der Waals surface area contributed by atoms with Crippen molar-refractivity contribution in [1.82, 2.24) is 0 Å².